The predicted molar refractivity (Wildman–Crippen MR) is 69.3 cm³/mol. The molecule has 1 aromatic carbocycles. The van der Waals surface area contributed by atoms with Crippen molar-refractivity contribution < 1.29 is 0 Å². The number of hydrogen-bond donors (Lipinski definition) is 2. The third-order valence-corrected chi connectivity index (χ3v) is 2.45. The van der Waals surface area contributed by atoms with Crippen LogP contribution in [0.5, 0.6) is 0 Å². The van der Waals surface area contributed by atoms with Gasteiger partial charge >= 0.3 is 0 Å². The number of halogens is 1. The maximum atomic E-state index is 5.73. The van der Waals surface area contributed by atoms with Crippen LogP contribution in [-0.2, 0) is 0 Å². The molecule has 4 heteroatoms. The minimum Gasteiger partial charge on any atom is -0.370 e. The van der Waals surface area contributed by atoms with Crippen LogP contribution >= 0.6 is 15.9 Å². The number of nitrogens with two attached hydrogens (primary N) is 1. The molecule has 0 unspecified atom stereocenters. The number of benzene rings is 1. The average molecular weight is 270 g/mol. The first-order valence-electron chi connectivity index (χ1n) is 4.96. The minimum absolute atomic E-state index is 0.474. The van der Waals surface area contributed by atoms with E-state index in [2.05, 4.69) is 33.2 Å². The van der Waals surface area contributed by atoms with Crippen LogP contribution in [0.3, 0.4) is 0 Å². The Morgan fingerprint density at radius 3 is 2.87 bits per heavy atom. The number of aryl methyl sites for hydroxylation is 1. The van der Waals surface area contributed by atoms with E-state index in [9.17, 15) is 0 Å². The van der Waals surface area contributed by atoms with Crippen molar-refractivity contribution >= 4 is 27.6 Å². The average Bonchev–Trinajstić information content (AvgIpc) is 2.19. The van der Waals surface area contributed by atoms with Crippen molar-refractivity contribution in [2.24, 2.45) is 10.7 Å². The first-order valence-corrected chi connectivity index (χ1v) is 5.76. The number of anilines is 1. The molecule has 0 amide bonds. The van der Waals surface area contributed by atoms with E-state index in [4.69, 9.17) is 5.73 Å². The Kier molecular flexibility index (Phi) is 4.62. The van der Waals surface area contributed by atoms with Gasteiger partial charge in [-0.2, -0.15) is 0 Å². The summed E-state index contributed by atoms with van der Waals surface area (Å²) in [6, 6.07) is 5.99. The molecule has 1 aromatic rings. The maximum Gasteiger partial charge on any atom is 0.193 e. The Hall–Kier alpha value is -1.03. The second kappa shape index (κ2) is 5.75. The second-order valence-electron chi connectivity index (χ2n) is 3.35. The number of nitrogens with one attached hydrogen (secondary N) is 1. The molecule has 1 rings (SSSR count). The Bertz CT molecular complexity index is 361. The monoisotopic (exact) mass is 269 g/mol. The van der Waals surface area contributed by atoms with E-state index < -0.39 is 0 Å². The molecular weight excluding hydrogens is 254 g/mol. The molecule has 0 heterocycles. The van der Waals surface area contributed by atoms with Crippen molar-refractivity contribution in [2.75, 3.05) is 11.9 Å². The summed E-state index contributed by atoms with van der Waals surface area (Å²) < 4.78 is 1.06. The third kappa shape index (κ3) is 3.91. The minimum atomic E-state index is 0.474. The van der Waals surface area contributed by atoms with Gasteiger partial charge in [0.1, 0.15) is 0 Å². The molecule has 3 N–H and O–H groups in total. The van der Waals surface area contributed by atoms with Crippen molar-refractivity contribution in [2.45, 2.75) is 20.3 Å². The summed E-state index contributed by atoms with van der Waals surface area (Å²) in [6.07, 6.45) is 1.00. The lowest BCUT2D eigenvalue weighted by molar-refractivity contribution is 0.929. The summed E-state index contributed by atoms with van der Waals surface area (Å²) in [6.45, 7) is 4.86. The highest BCUT2D eigenvalue weighted by atomic mass is 79.9. The molecule has 0 spiro atoms. The van der Waals surface area contributed by atoms with Crippen LogP contribution in [0.4, 0.5) is 5.69 Å². The van der Waals surface area contributed by atoms with E-state index in [1.807, 2.05) is 25.1 Å². The van der Waals surface area contributed by atoms with Gasteiger partial charge in [-0.15, -0.1) is 0 Å². The Labute approximate surface area is 98.9 Å². The highest BCUT2D eigenvalue weighted by Gasteiger charge is 1.99. The molecule has 0 saturated carbocycles. The number of aliphatic imine (C=N–C) groups is 1. The van der Waals surface area contributed by atoms with Crippen molar-refractivity contribution in [1.29, 1.82) is 0 Å². The number of nitrogens with zero attached hydrogens (tertiary/aromatic N) is 1. The molecule has 0 fully saturated rings. The summed E-state index contributed by atoms with van der Waals surface area (Å²) >= 11 is 3.42. The van der Waals surface area contributed by atoms with E-state index >= 15 is 0 Å². The Balaban J connectivity index is 2.72. The van der Waals surface area contributed by atoms with Crippen molar-refractivity contribution in [1.82, 2.24) is 0 Å². The van der Waals surface area contributed by atoms with Crippen LogP contribution in [0.15, 0.2) is 27.7 Å². The van der Waals surface area contributed by atoms with Crippen LogP contribution in [0.25, 0.3) is 0 Å². The van der Waals surface area contributed by atoms with E-state index in [1.54, 1.807) is 0 Å². The van der Waals surface area contributed by atoms with Crippen LogP contribution in [0.1, 0.15) is 18.9 Å². The lowest BCUT2D eigenvalue weighted by Crippen LogP contribution is -2.23. The Morgan fingerprint density at radius 2 is 2.27 bits per heavy atom. The quantitative estimate of drug-likeness (QED) is 0.655. The van der Waals surface area contributed by atoms with Crippen LogP contribution < -0.4 is 11.1 Å². The summed E-state index contributed by atoms with van der Waals surface area (Å²) in [5.74, 6) is 0.474. The molecule has 82 valence electrons. The van der Waals surface area contributed by atoms with Gasteiger partial charge < -0.3 is 11.1 Å². The van der Waals surface area contributed by atoms with E-state index in [0.29, 0.717) is 5.96 Å². The maximum absolute atomic E-state index is 5.73. The third-order valence-electron chi connectivity index (χ3n) is 1.96. The zero-order valence-corrected chi connectivity index (χ0v) is 10.6. The van der Waals surface area contributed by atoms with E-state index in [-0.39, 0.29) is 0 Å². The lowest BCUT2D eigenvalue weighted by Gasteiger charge is -2.08. The molecule has 0 aliphatic heterocycles. The van der Waals surface area contributed by atoms with Gasteiger partial charge in [0.2, 0.25) is 0 Å². The second-order valence-corrected chi connectivity index (χ2v) is 4.27. The molecule has 0 radical (unpaired) electrons. The summed E-state index contributed by atoms with van der Waals surface area (Å²) in [5.41, 5.74) is 7.86. The van der Waals surface area contributed by atoms with Gasteiger partial charge in [-0.1, -0.05) is 22.9 Å². The zero-order valence-electron chi connectivity index (χ0n) is 9.05. The van der Waals surface area contributed by atoms with Crippen molar-refractivity contribution in [3.8, 4) is 0 Å². The normalized spacial score (nSPS) is 11.5. The van der Waals surface area contributed by atoms with Gasteiger partial charge in [0.05, 0.1) is 0 Å². The number of rotatable bonds is 3. The standard InChI is InChI=1S/C11H16BrN3/c1-3-6-14-11(13)15-10-5-4-9(12)7-8(10)2/h4-5,7H,3,6H2,1-2H3,(H3,13,14,15). The smallest absolute Gasteiger partial charge is 0.193 e. The first-order chi connectivity index (χ1) is 7.13. The van der Waals surface area contributed by atoms with Gasteiger partial charge in [-0.25, -0.2) is 0 Å². The number of hydrogen-bond acceptors (Lipinski definition) is 1. The van der Waals surface area contributed by atoms with Crippen molar-refractivity contribution in [3.63, 3.8) is 0 Å². The van der Waals surface area contributed by atoms with Crippen LogP contribution in [0.2, 0.25) is 0 Å². The molecule has 0 bridgehead atoms. The highest BCUT2D eigenvalue weighted by Crippen LogP contribution is 2.19. The van der Waals surface area contributed by atoms with E-state index in [1.165, 1.54) is 0 Å². The summed E-state index contributed by atoms with van der Waals surface area (Å²) in [4.78, 5) is 4.17. The van der Waals surface area contributed by atoms with Gasteiger partial charge in [-0.05, 0) is 37.1 Å². The van der Waals surface area contributed by atoms with Gasteiger partial charge in [0.15, 0.2) is 5.96 Å². The largest absolute Gasteiger partial charge is 0.370 e. The topological polar surface area (TPSA) is 50.4 Å². The fourth-order valence-corrected chi connectivity index (χ4v) is 1.65. The molecule has 0 atom stereocenters. The molecule has 15 heavy (non-hydrogen) atoms. The molecular formula is C11H16BrN3. The highest BCUT2D eigenvalue weighted by molar-refractivity contribution is 9.10. The fourth-order valence-electron chi connectivity index (χ4n) is 1.18. The van der Waals surface area contributed by atoms with Crippen LogP contribution in [-0.4, -0.2) is 12.5 Å². The molecule has 0 aromatic heterocycles. The van der Waals surface area contributed by atoms with Gasteiger partial charge in [0.25, 0.3) is 0 Å². The van der Waals surface area contributed by atoms with Crippen molar-refractivity contribution in [3.05, 3.63) is 28.2 Å². The lowest BCUT2D eigenvalue weighted by atomic mass is 10.2. The number of guanidine groups is 1. The molecule has 3 nitrogen and oxygen atoms in total. The predicted octanol–water partition coefficient (Wildman–Crippen LogP) is 2.89. The molecule has 0 aliphatic carbocycles. The molecule has 0 aliphatic rings. The van der Waals surface area contributed by atoms with E-state index in [0.717, 1.165) is 28.7 Å². The van der Waals surface area contributed by atoms with Crippen LogP contribution in [0, 0.1) is 6.92 Å². The SMILES string of the molecule is CCCN=C(N)Nc1ccc(Br)cc1C. The first kappa shape index (κ1) is 12.0. The fraction of sp³-hybridized carbons (Fsp3) is 0.364. The zero-order chi connectivity index (χ0) is 11.3. The van der Waals surface area contributed by atoms with Gasteiger partial charge in [-0.3, -0.25) is 4.99 Å². The molecule has 0 saturated heterocycles. The van der Waals surface area contributed by atoms with Gasteiger partial charge in [0, 0.05) is 16.7 Å². The summed E-state index contributed by atoms with van der Waals surface area (Å²) in [7, 11) is 0. The summed E-state index contributed by atoms with van der Waals surface area (Å²) in [5, 5.41) is 3.08. The Morgan fingerprint density at radius 1 is 1.53 bits per heavy atom.